The fourth-order valence-corrected chi connectivity index (χ4v) is 3.00. The van der Waals surface area contributed by atoms with Crippen molar-refractivity contribution in [2.24, 2.45) is 0 Å². The normalized spacial score (nSPS) is 13.1. The smallest absolute Gasteiger partial charge is 0.243 e. The van der Waals surface area contributed by atoms with Crippen molar-refractivity contribution < 1.29 is 22.0 Å². The van der Waals surface area contributed by atoms with E-state index in [1.54, 1.807) is 13.8 Å². The number of carbonyl (C=O) groups excluding carboxylic acids is 1. The number of halogens is 2. The Balaban J connectivity index is 3.24. The topological polar surface area (TPSA) is 66.5 Å². The minimum Gasteiger partial charge on any atom is -0.352 e. The van der Waals surface area contributed by atoms with Crippen LogP contribution in [0.15, 0.2) is 18.2 Å². The lowest BCUT2D eigenvalue weighted by Crippen LogP contribution is -2.49. The van der Waals surface area contributed by atoms with E-state index in [9.17, 15) is 22.0 Å². The van der Waals surface area contributed by atoms with Gasteiger partial charge in [-0.3, -0.25) is 9.10 Å². The highest BCUT2D eigenvalue weighted by atomic mass is 32.2. The molecule has 1 rings (SSSR count). The van der Waals surface area contributed by atoms with Gasteiger partial charge >= 0.3 is 0 Å². The van der Waals surface area contributed by atoms with Crippen molar-refractivity contribution in [3.63, 3.8) is 0 Å². The third kappa shape index (κ3) is 4.38. The van der Waals surface area contributed by atoms with Crippen LogP contribution in [0.25, 0.3) is 0 Å². The number of carbonyl (C=O) groups is 1. The average molecular weight is 320 g/mol. The van der Waals surface area contributed by atoms with Crippen LogP contribution < -0.4 is 9.62 Å². The summed E-state index contributed by atoms with van der Waals surface area (Å²) >= 11 is 0. The lowest BCUT2D eigenvalue weighted by atomic mass is 10.2. The number of hydrogen-bond acceptors (Lipinski definition) is 3. The van der Waals surface area contributed by atoms with Crippen molar-refractivity contribution >= 4 is 21.6 Å². The highest BCUT2D eigenvalue weighted by Crippen LogP contribution is 2.23. The van der Waals surface area contributed by atoms with E-state index in [1.165, 1.54) is 6.92 Å². The summed E-state index contributed by atoms with van der Waals surface area (Å²) < 4.78 is 50.8. The van der Waals surface area contributed by atoms with E-state index >= 15 is 0 Å². The number of amides is 1. The largest absolute Gasteiger partial charge is 0.352 e. The Morgan fingerprint density at radius 1 is 1.19 bits per heavy atom. The molecule has 118 valence electrons. The number of hydrogen-bond donors (Lipinski definition) is 1. The number of benzene rings is 1. The molecule has 0 bridgehead atoms. The highest BCUT2D eigenvalue weighted by Gasteiger charge is 2.29. The van der Waals surface area contributed by atoms with Crippen molar-refractivity contribution in [2.75, 3.05) is 10.6 Å². The van der Waals surface area contributed by atoms with Crippen molar-refractivity contribution in [1.82, 2.24) is 5.32 Å². The summed E-state index contributed by atoms with van der Waals surface area (Å²) in [6.07, 6.45) is 0.896. The molecule has 0 unspecified atom stereocenters. The standard InChI is InChI=1S/C13H18F2N2O3S/c1-8(2)16-13(18)9(3)17(21(4,19)20)10-5-6-11(14)12(15)7-10/h5-9H,1-4H3,(H,16,18)/t9-/m0/s1. The molecule has 0 aliphatic heterocycles. The van der Waals surface area contributed by atoms with Gasteiger partial charge in [-0.25, -0.2) is 17.2 Å². The molecule has 5 nitrogen and oxygen atoms in total. The first-order valence-corrected chi connectivity index (χ1v) is 8.13. The molecule has 0 spiro atoms. The van der Waals surface area contributed by atoms with Gasteiger partial charge < -0.3 is 5.32 Å². The summed E-state index contributed by atoms with van der Waals surface area (Å²) in [5.74, 6) is -2.80. The number of anilines is 1. The van der Waals surface area contributed by atoms with Gasteiger partial charge in [0.15, 0.2) is 11.6 Å². The van der Waals surface area contributed by atoms with Crippen LogP contribution in [-0.2, 0) is 14.8 Å². The van der Waals surface area contributed by atoms with E-state index in [0.29, 0.717) is 0 Å². The summed E-state index contributed by atoms with van der Waals surface area (Å²) in [5, 5.41) is 2.58. The summed E-state index contributed by atoms with van der Waals surface area (Å²) in [6, 6.07) is 1.41. The Morgan fingerprint density at radius 3 is 2.19 bits per heavy atom. The molecule has 1 amide bonds. The van der Waals surface area contributed by atoms with E-state index in [0.717, 1.165) is 28.8 Å². The van der Waals surface area contributed by atoms with Gasteiger partial charge in [0.05, 0.1) is 11.9 Å². The molecule has 1 N–H and O–H groups in total. The van der Waals surface area contributed by atoms with E-state index in [2.05, 4.69) is 5.32 Å². The van der Waals surface area contributed by atoms with E-state index in [1.807, 2.05) is 0 Å². The predicted octanol–water partition coefficient (Wildman–Crippen LogP) is 1.64. The molecule has 0 radical (unpaired) electrons. The Hall–Kier alpha value is -1.70. The Bertz CT molecular complexity index is 632. The molecular weight excluding hydrogens is 302 g/mol. The first-order chi connectivity index (χ1) is 9.54. The molecule has 1 aromatic carbocycles. The van der Waals surface area contributed by atoms with Gasteiger partial charge in [-0.05, 0) is 32.9 Å². The summed E-state index contributed by atoms with van der Waals surface area (Å²) in [6.45, 7) is 4.83. The van der Waals surface area contributed by atoms with Crippen LogP contribution in [0.2, 0.25) is 0 Å². The molecule has 0 aromatic heterocycles. The zero-order chi connectivity index (χ0) is 16.4. The second-order valence-corrected chi connectivity index (χ2v) is 6.86. The van der Waals surface area contributed by atoms with Gasteiger partial charge in [0.25, 0.3) is 0 Å². The number of sulfonamides is 1. The molecule has 0 heterocycles. The SMILES string of the molecule is CC(C)NC(=O)[C@H](C)N(c1ccc(F)c(F)c1)S(C)(=O)=O. The first-order valence-electron chi connectivity index (χ1n) is 6.29. The molecular formula is C13H18F2N2O3S. The molecule has 21 heavy (non-hydrogen) atoms. The molecule has 0 fully saturated rings. The van der Waals surface area contributed by atoms with Crippen LogP contribution in [0.1, 0.15) is 20.8 Å². The van der Waals surface area contributed by atoms with Crippen molar-refractivity contribution in [2.45, 2.75) is 32.9 Å². The number of nitrogens with zero attached hydrogens (tertiary/aromatic N) is 1. The van der Waals surface area contributed by atoms with Gasteiger partial charge in [-0.1, -0.05) is 0 Å². The zero-order valence-electron chi connectivity index (χ0n) is 12.2. The van der Waals surface area contributed by atoms with Gasteiger partial charge in [-0.15, -0.1) is 0 Å². The van der Waals surface area contributed by atoms with Crippen molar-refractivity contribution in [3.8, 4) is 0 Å². The number of rotatable bonds is 5. The molecule has 0 saturated carbocycles. The minimum absolute atomic E-state index is 0.109. The maximum absolute atomic E-state index is 13.3. The van der Waals surface area contributed by atoms with Crippen LogP contribution in [0, 0.1) is 11.6 Å². The van der Waals surface area contributed by atoms with E-state index in [-0.39, 0.29) is 11.7 Å². The Kier molecular flexibility index (Phi) is 5.27. The van der Waals surface area contributed by atoms with Gasteiger partial charge in [0, 0.05) is 12.1 Å². The van der Waals surface area contributed by atoms with Crippen molar-refractivity contribution in [1.29, 1.82) is 0 Å². The number of nitrogens with one attached hydrogen (secondary N) is 1. The third-order valence-corrected chi connectivity index (χ3v) is 3.92. The first kappa shape index (κ1) is 17.4. The highest BCUT2D eigenvalue weighted by molar-refractivity contribution is 7.92. The lowest BCUT2D eigenvalue weighted by Gasteiger charge is -2.28. The van der Waals surface area contributed by atoms with Gasteiger partial charge in [-0.2, -0.15) is 0 Å². The van der Waals surface area contributed by atoms with Crippen LogP contribution in [0.4, 0.5) is 14.5 Å². The predicted molar refractivity (Wildman–Crippen MR) is 76.4 cm³/mol. The Morgan fingerprint density at radius 2 is 1.76 bits per heavy atom. The average Bonchev–Trinajstić information content (AvgIpc) is 2.31. The second-order valence-electron chi connectivity index (χ2n) is 5.00. The second kappa shape index (κ2) is 6.38. The fourth-order valence-electron chi connectivity index (χ4n) is 1.84. The molecule has 1 aromatic rings. The maximum Gasteiger partial charge on any atom is 0.243 e. The quantitative estimate of drug-likeness (QED) is 0.897. The van der Waals surface area contributed by atoms with Crippen LogP contribution in [0.5, 0.6) is 0 Å². The molecule has 0 aliphatic carbocycles. The summed E-state index contributed by atoms with van der Waals surface area (Å²) in [4.78, 5) is 12.0. The summed E-state index contributed by atoms with van der Waals surface area (Å²) in [7, 11) is -3.84. The summed E-state index contributed by atoms with van der Waals surface area (Å²) in [5.41, 5.74) is -0.109. The maximum atomic E-state index is 13.3. The fraction of sp³-hybridized carbons (Fsp3) is 0.462. The molecule has 1 atom stereocenters. The zero-order valence-corrected chi connectivity index (χ0v) is 13.0. The van der Waals surface area contributed by atoms with Crippen LogP contribution in [0.3, 0.4) is 0 Å². The molecule has 0 saturated heterocycles. The van der Waals surface area contributed by atoms with Gasteiger partial charge in [0.2, 0.25) is 15.9 Å². The third-order valence-electron chi connectivity index (χ3n) is 2.68. The molecule has 8 heteroatoms. The van der Waals surface area contributed by atoms with E-state index < -0.39 is 33.6 Å². The van der Waals surface area contributed by atoms with Crippen molar-refractivity contribution in [3.05, 3.63) is 29.8 Å². The van der Waals surface area contributed by atoms with Gasteiger partial charge in [0.1, 0.15) is 6.04 Å². The van der Waals surface area contributed by atoms with Crippen LogP contribution in [-0.4, -0.2) is 32.7 Å². The van der Waals surface area contributed by atoms with Crippen LogP contribution >= 0.6 is 0 Å². The monoisotopic (exact) mass is 320 g/mol. The lowest BCUT2D eigenvalue weighted by molar-refractivity contribution is -0.122. The Labute approximate surface area is 123 Å². The van der Waals surface area contributed by atoms with E-state index in [4.69, 9.17) is 0 Å². The minimum atomic E-state index is -3.84. The molecule has 0 aliphatic rings.